The number of urea groups is 1. The van der Waals surface area contributed by atoms with Crippen LogP contribution in [0.2, 0.25) is 0 Å². The number of piperazine rings is 1. The van der Waals surface area contributed by atoms with Gasteiger partial charge in [-0.2, -0.15) is 0 Å². The van der Waals surface area contributed by atoms with Crippen molar-refractivity contribution in [3.63, 3.8) is 0 Å². The van der Waals surface area contributed by atoms with E-state index in [0.717, 1.165) is 18.8 Å². The quantitative estimate of drug-likeness (QED) is 0.780. The monoisotopic (exact) mass is 288 g/mol. The summed E-state index contributed by atoms with van der Waals surface area (Å²) >= 11 is 0. The third-order valence-corrected chi connectivity index (χ3v) is 4.59. The number of piperidine rings is 1. The minimum Gasteiger partial charge on any atom is -0.399 e. The van der Waals surface area contributed by atoms with Crippen LogP contribution >= 0.6 is 0 Å². The number of anilines is 2. The zero-order valence-corrected chi connectivity index (χ0v) is 12.6. The molecule has 2 atom stereocenters. The molecule has 3 rings (SSSR count). The van der Waals surface area contributed by atoms with Crippen molar-refractivity contribution in [3.05, 3.63) is 24.3 Å². The minimum absolute atomic E-state index is 0.0154. The molecule has 2 fully saturated rings. The number of carbonyl (C=O) groups excluding carboxylic acids is 1. The molecule has 2 amide bonds. The Morgan fingerprint density at radius 1 is 1.33 bits per heavy atom. The second-order valence-electron chi connectivity index (χ2n) is 6.20. The molecule has 0 radical (unpaired) electrons. The Morgan fingerprint density at radius 2 is 2.19 bits per heavy atom. The van der Waals surface area contributed by atoms with Gasteiger partial charge in [0.15, 0.2) is 0 Å². The topological polar surface area (TPSA) is 61.6 Å². The molecule has 2 unspecified atom stereocenters. The van der Waals surface area contributed by atoms with Gasteiger partial charge in [0.1, 0.15) is 0 Å². The largest absolute Gasteiger partial charge is 0.399 e. The van der Waals surface area contributed by atoms with E-state index in [2.05, 4.69) is 17.1 Å². The molecule has 1 aromatic rings. The van der Waals surface area contributed by atoms with E-state index in [-0.39, 0.29) is 12.1 Å². The molecule has 0 spiro atoms. The predicted molar refractivity (Wildman–Crippen MR) is 85.3 cm³/mol. The Morgan fingerprint density at radius 3 is 3.00 bits per heavy atom. The van der Waals surface area contributed by atoms with Crippen LogP contribution in [0.3, 0.4) is 0 Å². The molecule has 5 heteroatoms. The molecule has 0 aromatic heterocycles. The number of fused-ring (bicyclic) bond motifs is 1. The van der Waals surface area contributed by atoms with E-state index < -0.39 is 0 Å². The van der Waals surface area contributed by atoms with E-state index in [9.17, 15) is 4.79 Å². The van der Waals surface area contributed by atoms with Crippen LogP contribution in [0.4, 0.5) is 16.2 Å². The second kappa shape index (κ2) is 5.93. The summed E-state index contributed by atoms with van der Waals surface area (Å²) in [6.07, 6.45) is 3.77. The molecule has 2 aliphatic rings. The zero-order valence-electron chi connectivity index (χ0n) is 12.6. The predicted octanol–water partition coefficient (Wildman–Crippen LogP) is 2.36. The molecule has 1 aromatic carbocycles. The molecule has 3 N–H and O–H groups in total. The van der Waals surface area contributed by atoms with Crippen molar-refractivity contribution in [1.82, 2.24) is 9.80 Å². The highest BCUT2D eigenvalue weighted by Gasteiger charge is 2.35. The van der Waals surface area contributed by atoms with Crippen molar-refractivity contribution >= 4 is 17.4 Å². The van der Waals surface area contributed by atoms with Gasteiger partial charge in [0.25, 0.3) is 0 Å². The van der Waals surface area contributed by atoms with Crippen molar-refractivity contribution in [1.29, 1.82) is 0 Å². The highest BCUT2D eigenvalue weighted by atomic mass is 16.2. The van der Waals surface area contributed by atoms with Crippen molar-refractivity contribution in [2.24, 2.45) is 0 Å². The van der Waals surface area contributed by atoms with Crippen molar-refractivity contribution in [2.45, 2.75) is 38.3 Å². The Hall–Kier alpha value is -1.75. The number of nitrogens with zero attached hydrogens (tertiary/aromatic N) is 2. The van der Waals surface area contributed by atoms with Gasteiger partial charge in [0, 0.05) is 36.5 Å². The van der Waals surface area contributed by atoms with Crippen LogP contribution in [0.5, 0.6) is 0 Å². The lowest BCUT2D eigenvalue weighted by Gasteiger charge is -2.47. The molecule has 2 saturated heterocycles. The van der Waals surface area contributed by atoms with Gasteiger partial charge in [0.2, 0.25) is 0 Å². The van der Waals surface area contributed by atoms with Crippen LogP contribution in [0, 0.1) is 0 Å². The Balaban J connectivity index is 1.66. The van der Waals surface area contributed by atoms with E-state index in [4.69, 9.17) is 5.73 Å². The summed E-state index contributed by atoms with van der Waals surface area (Å²) < 4.78 is 0. The van der Waals surface area contributed by atoms with Crippen molar-refractivity contribution in [3.8, 4) is 0 Å². The standard InChI is InChI=1S/C16H24N4O/c1-12-10-19-8-3-2-7-15(19)11-20(12)16(21)18-14-6-4-5-13(17)9-14/h4-6,9,12,15H,2-3,7-8,10-11,17H2,1H3,(H,18,21). The van der Waals surface area contributed by atoms with Crippen LogP contribution < -0.4 is 11.1 Å². The van der Waals surface area contributed by atoms with Crippen LogP contribution in [-0.2, 0) is 0 Å². The number of hydrogen-bond donors (Lipinski definition) is 2. The van der Waals surface area contributed by atoms with E-state index >= 15 is 0 Å². The number of nitrogens with one attached hydrogen (secondary N) is 1. The van der Waals surface area contributed by atoms with E-state index in [1.165, 1.54) is 25.8 Å². The molecular weight excluding hydrogens is 264 g/mol. The number of nitrogens with two attached hydrogens (primary N) is 1. The first-order valence-corrected chi connectivity index (χ1v) is 7.80. The summed E-state index contributed by atoms with van der Waals surface area (Å²) in [6.45, 7) is 5.12. The van der Waals surface area contributed by atoms with Gasteiger partial charge in [-0.05, 0) is 44.5 Å². The Labute approximate surface area is 126 Å². The summed E-state index contributed by atoms with van der Waals surface area (Å²) in [4.78, 5) is 17.0. The summed E-state index contributed by atoms with van der Waals surface area (Å²) in [6, 6.07) is 8.10. The van der Waals surface area contributed by atoms with Gasteiger partial charge in [0.05, 0.1) is 0 Å². The molecule has 2 aliphatic heterocycles. The number of amides is 2. The van der Waals surface area contributed by atoms with E-state index in [1.807, 2.05) is 23.1 Å². The van der Waals surface area contributed by atoms with E-state index in [0.29, 0.717) is 11.7 Å². The highest BCUT2D eigenvalue weighted by molar-refractivity contribution is 5.90. The summed E-state index contributed by atoms with van der Waals surface area (Å²) in [7, 11) is 0. The Bertz CT molecular complexity index is 519. The smallest absolute Gasteiger partial charge is 0.322 e. The normalized spacial score (nSPS) is 26.2. The lowest BCUT2D eigenvalue weighted by molar-refractivity contribution is 0.0380. The average molecular weight is 288 g/mol. The van der Waals surface area contributed by atoms with Crippen LogP contribution in [0.1, 0.15) is 26.2 Å². The van der Waals surface area contributed by atoms with Crippen LogP contribution in [-0.4, -0.2) is 47.5 Å². The number of nitrogen functional groups attached to an aromatic ring is 1. The molecule has 5 nitrogen and oxygen atoms in total. The third-order valence-electron chi connectivity index (χ3n) is 4.59. The van der Waals surface area contributed by atoms with Crippen LogP contribution in [0.25, 0.3) is 0 Å². The number of rotatable bonds is 1. The van der Waals surface area contributed by atoms with Gasteiger partial charge in [-0.15, -0.1) is 0 Å². The maximum Gasteiger partial charge on any atom is 0.322 e. The van der Waals surface area contributed by atoms with Gasteiger partial charge in [-0.3, -0.25) is 4.90 Å². The Kier molecular flexibility index (Phi) is 4.01. The van der Waals surface area contributed by atoms with Gasteiger partial charge >= 0.3 is 6.03 Å². The minimum atomic E-state index is -0.0154. The first-order valence-electron chi connectivity index (χ1n) is 7.80. The SMILES string of the molecule is CC1CN2CCCCC2CN1C(=O)Nc1cccc(N)c1. The summed E-state index contributed by atoms with van der Waals surface area (Å²) in [5.74, 6) is 0. The average Bonchev–Trinajstić information content (AvgIpc) is 2.46. The molecule has 114 valence electrons. The van der Waals surface area contributed by atoms with E-state index in [1.54, 1.807) is 6.07 Å². The lowest BCUT2D eigenvalue weighted by atomic mass is 9.97. The summed E-state index contributed by atoms with van der Waals surface area (Å²) in [5.41, 5.74) is 7.18. The molecular formula is C16H24N4O. The van der Waals surface area contributed by atoms with Gasteiger partial charge in [-0.25, -0.2) is 4.79 Å². The molecule has 0 bridgehead atoms. The molecule has 2 heterocycles. The fourth-order valence-electron chi connectivity index (χ4n) is 3.45. The zero-order chi connectivity index (χ0) is 14.8. The molecule has 0 aliphatic carbocycles. The number of hydrogen-bond acceptors (Lipinski definition) is 3. The highest BCUT2D eigenvalue weighted by Crippen LogP contribution is 2.24. The van der Waals surface area contributed by atoms with Crippen LogP contribution in [0.15, 0.2) is 24.3 Å². The van der Waals surface area contributed by atoms with Crippen molar-refractivity contribution < 1.29 is 4.79 Å². The third kappa shape index (κ3) is 3.13. The molecule has 0 saturated carbocycles. The number of benzene rings is 1. The fourth-order valence-corrected chi connectivity index (χ4v) is 3.45. The maximum absolute atomic E-state index is 12.5. The lowest BCUT2D eigenvalue weighted by Crippen LogP contribution is -2.60. The van der Waals surface area contributed by atoms with Gasteiger partial charge in [-0.1, -0.05) is 12.5 Å². The first kappa shape index (κ1) is 14.2. The first-order chi connectivity index (χ1) is 10.1. The molecule has 21 heavy (non-hydrogen) atoms. The summed E-state index contributed by atoms with van der Waals surface area (Å²) in [5, 5.41) is 2.97. The fraction of sp³-hybridized carbons (Fsp3) is 0.562. The number of carbonyl (C=O) groups is 1. The maximum atomic E-state index is 12.5. The van der Waals surface area contributed by atoms with Crippen molar-refractivity contribution in [2.75, 3.05) is 30.7 Å². The van der Waals surface area contributed by atoms with Gasteiger partial charge < -0.3 is 16.0 Å². The second-order valence-corrected chi connectivity index (χ2v) is 6.20.